The topological polar surface area (TPSA) is 123 Å². The van der Waals surface area contributed by atoms with E-state index in [1.54, 1.807) is 49.1 Å². The van der Waals surface area contributed by atoms with E-state index in [0.717, 1.165) is 116 Å². The highest BCUT2D eigenvalue weighted by Crippen LogP contribution is 2.48. The van der Waals surface area contributed by atoms with Crippen LogP contribution in [0.5, 0.6) is 23.5 Å². The van der Waals surface area contributed by atoms with Crippen molar-refractivity contribution in [3.05, 3.63) is 205 Å². The summed E-state index contributed by atoms with van der Waals surface area (Å²) < 4.78 is 24.9. The van der Waals surface area contributed by atoms with Crippen molar-refractivity contribution in [3.8, 4) is 79.2 Å². The van der Waals surface area contributed by atoms with Gasteiger partial charge in [-0.25, -0.2) is 29.5 Å². The first kappa shape index (κ1) is 65.1. The number of rotatable bonds is 27. The number of nitrogens with zero attached hydrogens (tertiary/aromatic N) is 4. The van der Waals surface area contributed by atoms with Gasteiger partial charge in [0.05, 0.1) is 24.3 Å². The number of hydrogen-bond acceptors (Lipinski definition) is 10. The van der Waals surface area contributed by atoms with Gasteiger partial charge in [0.15, 0.2) is 0 Å². The Hall–Kier alpha value is -9.02. The third-order valence-electron chi connectivity index (χ3n) is 19.8. The van der Waals surface area contributed by atoms with Crippen molar-refractivity contribution in [3.63, 3.8) is 0 Å². The van der Waals surface area contributed by atoms with Crippen molar-refractivity contribution in [2.45, 2.75) is 168 Å². The number of unbranched alkanes of at least 4 members (excludes halogenated alkanes) is 6. The summed E-state index contributed by atoms with van der Waals surface area (Å²) in [6, 6.07) is 54.3. The average Bonchev–Trinajstić information content (AvgIpc) is 0.750. The van der Waals surface area contributed by atoms with Gasteiger partial charge in [0.25, 0.3) is 0 Å². The lowest BCUT2D eigenvalue weighted by atomic mass is 9.77. The molecule has 10 heteroatoms. The monoisotopic (exact) mass is 1250 g/mol. The van der Waals surface area contributed by atoms with Crippen LogP contribution in [-0.4, -0.2) is 45.1 Å². The van der Waals surface area contributed by atoms with E-state index >= 15 is 0 Å². The molecule has 482 valence electrons. The van der Waals surface area contributed by atoms with E-state index in [1.807, 2.05) is 48.5 Å². The standard InChI is InChI=1S/C84H90N4O6/c1-5-9-11-13-49-91-83-85-53-73(54-86-83)65-33-37-67(38-34-65)81(89)93-77-47-43-71-51-69(63-29-25-61(26-30-63)59-21-17-57(15-7-3)18-22-59)41-45-75(71)79(77)80-76-46-42-70(64-31-27-62(28-32-64)60-23-19-58(16-8-4)20-24-60)52-72(76)44-48-78(80)94-82(90)68-39-35-66(36-40-68)74-55-87-84(88-56-74)92-50-14-12-10-6-2/h25-48,51-60H,5-24,49-50H2,1-4H3. The highest BCUT2D eigenvalue weighted by Gasteiger charge is 2.27. The second kappa shape index (κ2) is 31.7. The molecule has 94 heavy (non-hydrogen) atoms. The molecule has 8 aromatic carbocycles. The van der Waals surface area contributed by atoms with Crippen molar-refractivity contribution in [2.75, 3.05) is 13.2 Å². The Balaban J connectivity index is 0.899. The molecule has 0 bridgehead atoms. The maximum atomic E-state index is 14.8. The number of benzene rings is 8. The Kier molecular flexibility index (Phi) is 22.0. The Labute approximate surface area is 556 Å². The Morgan fingerprint density at radius 1 is 0.362 bits per heavy atom. The normalized spacial score (nSPS) is 16.4. The molecule has 0 unspecified atom stereocenters. The Morgan fingerprint density at radius 3 is 1.07 bits per heavy atom. The number of fused-ring (bicyclic) bond motifs is 2. The van der Waals surface area contributed by atoms with E-state index in [9.17, 15) is 9.59 Å². The van der Waals surface area contributed by atoms with Crippen molar-refractivity contribution < 1.29 is 28.5 Å². The molecule has 0 atom stereocenters. The van der Waals surface area contributed by atoms with Crippen LogP contribution < -0.4 is 18.9 Å². The van der Waals surface area contributed by atoms with Gasteiger partial charge in [0, 0.05) is 47.0 Å². The molecule has 12 rings (SSSR count). The number of hydrogen-bond donors (Lipinski definition) is 0. The summed E-state index contributed by atoms with van der Waals surface area (Å²) in [6.07, 6.45) is 31.1. The molecule has 0 radical (unpaired) electrons. The van der Waals surface area contributed by atoms with E-state index in [2.05, 4.69) is 133 Å². The van der Waals surface area contributed by atoms with E-state index in [-0.39, 0.29) is 0 Å². The molecule has 2 saturated carbocycles. The fourth-order valence-electron chi connectivity index (χ4n) is 14.3. The largest absolute Gasteiger partial charge is 0.463 e. The van der Waals surface area contributed by atoms with E-state index in [0.29, 0.717) is 70.8 Å². The molecule has 0 N–H and O–H groups in total. The average molecular weight is 1250 g/mol. The summed E-state index contributed by atoms with van der Waals surface area (Å²) in [4.78, 5) is 47.4. The van der Waals surface area contributed by atoms with Gasteiger partial charge in [-0.1, -0.05) is 201 Å². The van der Waals surface area contributed by atoms with Crippen LogP contribution in [0.2, 0.25) is 0 Å². The Bertz CT molecular complexity index is 3850. The minimum atomic E-state index is -0.542. The third kappa shape index (κ3) is 16.0. The first-order valence-electron chi connectivity index (χ1n) is 35.1. The number of ether oxygens (including phenoxy) is 4. The smallest absolute Gasteiger partial charge is 0.343 e. The number of aromatic nitrogens is 4. The number of carbonyl (C=O) groups excluding carboxylic acids is 2. The maximum absolute atomic E-state index is 14.8. The summed E-state index contributed by atoms with van der Waals surface area (Å²) in [5.74, 6) is 2.43. The summed E-state index contributed by atoms with van der Waals surface area (Å²) in [7, 11) is 0. The zero-order valence-electron chi connectivity index (χ0n) is 55.4. The fourth-order valence-corrected chi connectivity index (χ4v) is 14.3. The fraction of sp³-hybridized carbons (Fsp3) is 0.357. The molecule has 2 aliphatic rings. The van der Waals surface area contributed by atoms with Gasteiger partial charge < -0.3 is 18.9 Å². The van der Waals surface area contributed by atoms with Crippen LogP contribution in [0.25, 0.3) is 77.2 Å². The lowest BCUT2D eigenvalue weighted by Crippen LogP contribution is -2.13. The molecule has 0 spiro atoms. The SMILES string of the molecule is CCCCCCOc1ncc(-c2ccc(C(=O)Oc3ccc4cc(-c5ccc(C6CCC(CCC)CC6)cc5)ccc4c3-c3c(OC(=O)c4ccc(-c5cnc(OCCCCCC)nc5)cc4)ccc4cc(-c5ccc(C6CCC(CCC)CC6)cc5)ccc34)cc2)cn1. The molecule has 2 aromatic heterocycles. The van der Waals surface area contributed by atoms with Gasteiger partial charge in [0.1, 0.15) is 11.5 Å². The van der Waals surface area contributed by atoms with Crippen LogP contribution in [0.4, 0.5) is 0 Å². The second-order valence-electron chi connectivity index (χ2n) is 26.3. The van der Waals surface area contributed by atoms with E-state index < -0.39 is 11.9 Å². The first-order chi connectivity index (χ1) is 46.2. The zero-order valence-corrected chi connectivity index (χ0v) is 55.4. The van der Waals surface area contributed by atoms with Crippen LogP contribution >= 0.6 is 0 Å². The lowest BCUT2D eigenvalue weighted by molar-refractivity contribution is 0.0723. The predicted molar refractivity (Wildman–Crippen MR) is 381 cm³/mol. The zero-order chi connectivity index (χ0) is 64.6. The number of carbonyl (C=O) groups is 2. The molecule has 0 amide bonds. The van der Waals surface area contributed by atoms with E-state index in [4.69, 9.17) is 18.9 Å². The summed E-state index contributed by atoms with van der Waals surface area (Å²) in [5.41, 5.74) is 12.4. The number of esters is 2. The van der Waals surface area contributed by atoms with Crippen molar-refractivity contribution in [1.29, 1.82) is 0 Å². The van der Waals surface area contributed by atoms with Crippen LogP contribution in [0, 0.1) is 11.8 Å². The minimum Gasteiger partial charge on any atom is -0.463 e. The van der Waals surface area contributed by atoms with E-state index in [1.165, 1.54) is 101 Å². The molecule has 2 fully saturated rings. The third-order valence-corrected chi connectivity index (χ3v) is 19.8. The van der Waals surface area contributed by atoms with Crippen LogP contribution in [0.1, 0.15) is 200 Å². The van der Waals surface area contributed by atoms with Crippen molar-refractivity contribution in [1.82, 2.24) is 19.9 Å². The van der Waals surface area contributed by atoms with Crippen LogP contribution in [-0.2, 0) is 0 Å². The molecule has 0 saturated heterocycles. The van der Waals surface area contributed by atoms with Gasteiger partial charge >= 0.3 is 24.0 Å². The van der Waals surface area contributed by atoms with Gasteiger partial charge in [-0.15, -0.1) is 0 Å². The van der Waals surface area contributed by atoms with Crippen LogP contribution in [0.15, 0.2) is 183 Å². The molecule has 10 nitrogen and oxygen atoms in total. The van der Waals surface area contributed by atoms with Gasteiger partial charge in [-0.05, 0) is 202 Å². The maximum Gasteiger partial charge on any atom is 0.343 e. The van der Waals surface area contributed by atoms with Crippen molar-refractivity contribution in [2.24, 2.45) is 11.8 Å². The van der Waals surface area contributed by atoms with Gasteiger partial charge in [0.2, 0.25) is 0 Å². The minimum absolute atomic E-state index is 0.318. The Morgan fingerprint density at radius 2 is 0.713 bits per heavy atom. The summed E-state index contributed by atoms with van der Waals surface area (Å²) >= 11 is 0. The molecule has 2 heterocycles. The van der Waals surface area contributed by atoms with Gasteiger partial charge in [-0.3, -0.25) is 0 Å². The molecule has 0 aliphatic heterocycles. The first-order valence-corrected chi connectivity index (χ1v) is 35.1. The summed E-state index contributed by atoms with van der Waals surface area (Å²) in [6.45, 7) is 10.1. The van der Waals surface area contributed by atoms with Gasteiger partial charge in [-0.2, -0.15) is 0 Å². The molecular formula is C84H90N4O6. The second-order valence-corrected chi connectivity index (χ2v) is 26.3. The lowest BCUT2D eigenvalue weighted by Gasteiger charge is -2.28. The highest BCUT2D eigenvalue weighted by atomic mass is 16.5. The van der Waals surface area contributed by atoms with Crippen molar-refractivity contribution >= 4 is 33.5 Å². The quantitative estimate of drug-likeness (QED) is 0.0279. The highest BCUT2D eigenvalue weighted by molar-refractivity contribution is 6.12. The predicted octanol–water partition coefficient (Wildman–Crippen LogP) is 22.4. The van der Waals surface area contributed by atoms with Crippen LogP contribution in [0.3, 0.4) is 0 Å². The molecular weight excluding hydrogens is 1160 g/mol. The molecule has 2 aliphatic carbocycles. The summed E-state index contributed by atoms with van der Waals surface area (Å²) in [5, 5.41) is 3.51. The molecule has 10 aromatic rings.